The minimum atomic E-state index is -0.859. The molecule has 3 rings (SSSR count). The number of allylic oxidation sites excluding steroid dienone is 2. The van der Waals surface area contributed by atoms with Crippen LogP contribution in [0.2, 0.25) is 0 Å². The first-order chi connectivity index (χ1) is 21.8. The third-order valence-corrected chi connectivity index (χ3v) is 7.83. The molecular formula is C35H44N4O6. The Bertz CT molecular complexity index is 1330. The van der Waals surface area contributed by atoms with Gasteiger partial charge in [-0.2, -0.15) is 0 Å². The fraction of sp³-hybridized carbons (Fsp3) is 0.429. The summed E-state index contributed by atoms with van der Waals surface area (Å²) in [5.41, 5.74) is 7.32. The van der Waals surface area contributed by atoms with E-state index in [9.17, 15) is 28.8 Å². The number of benzene rings is 2. The topological polar surface area (TPSA) is 165 Å². The van der Waals surface area contributed by atoms with E-state index in [-0.39, 0.29) is 36.9 Å². The second-order valence-electron chi connectivity index (χ2n) is 11.4. The molecule has 1 aliphatic carbocycles. The minimum absolute atomic E-state index is 0.0140. The Morgan fingerprint density at radius 3 is 2.22 bits per heavy atom. The molecule has 0 unspecified atom stereocenters. The van der Waals surface area contributed by atoms with Crippen molar-refractivity contribution in [2.45, 2.75) is 82.7 Å². The first-order valence-electron chi connectivity index (χ1n) is 15.7. The first kappa shape index (κ1) is 34.9. The van der Waals surface area contributed by atoms with Crippen molar-refractivity contribution in [1.29, 1.82) is 0 Å². The number of carbonyl (C=O) groups excluding carboxylic acids is 6. The van der Waals surface area contributed by atoms with Gasteiger partial charge in [-0.25, -0.2) is 0 Å². The van der Waals surface area contributed by atoms with Crippen molar-refractivity contribution in [3.05, 3.63) is 83.4 Å². The predicted molar refractivity (Wildman–Crippen MR) is 171 cm³/mol. The fourth-order valence-corrected chi connectivity index (χ4v) is 5.25. The zero-order chi connectivity index (χ0) is 32.4. The molecule has 1 aliphatic rings. The quantitative estimate of drug-likeness (QED) is 0.0819. The summed E-state index contributed by atoms with van der Waals surface area (Å²) in [6.45, 7) is 0.299. The molecule has 0 aromatic heterocycles. The maximum Gasteiger partial charge on any atom is 0.242 e. The van der Waals surface area contributed by atoms with Crippen LogP contribution in [0.25, 0.3) is 0 Å². The lowest BCUT2D eigenvalue weighted by molar-refractivity contribution is -0.129. The average Bonchev–Trinajstić information content (AvgIpc) is 3.06. The van der Waals surface area contributed by atoms with Crippen molar-refractivity contribution in [1.82, 2.24) is 16.0 Å². The molecule has 240 valence electrons. The summed E-state index contributed by atoms with van der Waals surface area (Å²) < 4.78 is 0. The molecule has 45 heavy (non-hydrogen) atoms. The number of amides is 4. The number of nitrogens with one attached hydrogen (secondary N) is 3. The number of carbonyl (C=O) groups is 6. The Morgan fingerprint density at radius 1 is 0.867 bits per heavy atom. The van der Waals surface area contributed by atoms with Gasteiger partial charge in [-0.05, 0) is 56.4 Å². The van der Waals surface area contributed by atoms with Crippen LogP contribution < -0.4 is 21.7 Å². The van der Waals surface area contributed by atoms with Gasteiger partial charge in [0.1, 0.15) is 18.4 Å². The summed E-state index contributed by atoms with van der Waals surface area (Å²) in [5, 5.41) is 8.32. The molecule has 10 heteroatoms. The second kappa shape index (κ2) is 18.9. The maximum atomic E-state index is 13.2. The van der Waals surface area contributed by atoms with Gasteiger partial charge in [0.05, 0.1) is 0 Å². The Balaban J connectivity index is 1.56. The number of primary amides is 1. The van der Waals surface area contributed by atoms with Crippen LogP contribution in [0.15, 0.2) is 66.7 Å². The summed E-state index contributed by atoms with van der Waals surface area (Å²) in [7, 11) is 0. The van der Waals surface area contributed by atoms with Crippen LogP contribution >= 0.6 is 0 Å². The summed E-state index contributed by atoms with van der Waals surface area (Å²) in [6.07, 6.45) is 10.8. The van der Waals surface area contributed by atoms with Crippen LogP contribution in [0.3, 0.4) is 0 Å². The Kier molecular flexibility index (Phi) is 14.7. The first-order valence-corrected chi connectivity index (χ1v) is 15.7. The number of hydrogen-bond acceptors (Lipinski definition) is 6. The van der Waals surface area contributed by atoms with Gasteiger partial charge in [-0.3, -0.25) is 24.0 Å². The molecule has 0 saturated heterocycles. The smallest absolute Gasteiger partial charge is 0.242 e. The third-order valence-electron chi connectivity index (χ3n) is 7.83. The number of ketones is 1. The van der Waals surface area contributed by atoms with Crippen LogP contribution in [-0.4, -0.2) is 54.3 Å². The van der Waals surface area contributed by atoms with E-state index in [0.717, 1.165) is 31.2 Å². The van der Waals surface area contributed by atoms with Gasteiger partial charge in [-0.1, -0.05) is 66.7 Å². The van der Waals surface area contributed by atoms with E-state index in [1.54, 1.807) is 36.4 Å². The standard InChI is InChI=1S/C35H44N4O6/c36-34(44)29(38-31(41)15-9-23-40)14-7-8-22-37-35(45)30(39-32(42)21-18-25-10-3-1-4-11-25)24-26-16-19-28(20-17-26)33(43)27-12-5-2-6-13-27/h2-3,5-6,10,12-13,16-17,19-20,23,25,29-30H,1,4,7-9,11,14-15,18,21-22,24H2,(H2,36,44)(H,37,45)(H,38,41)(H,39,42)/t25-,29-,30+/m0/s1. The van der Waals surface area contributed by atoms with Crippen LogP contribution in [0.5, 0.6) is 0 Å². The van der Waals surface area contributed by atoms with Crippen molar-refractivity contribution < 1.29 is 28.8 Å². The van der Waals surface area contributed by atoms with Crippen LogP contribution in [0, 0.1) is 5.92 Å². The largest absolute Gasteiger partial charge is 0.368 e. The summed E-state index contributed by atoms with van der Waals surface area (Å²) in [4.78, 5) is 73.0. The lowest BCUT2D eigenvalue weighted by atomic mass is 9.92. The molecular weight excluding hydrogens is 572 g/mol. The third kappa shape index (κ3) is 12.5. The molecule has 0 radical (unpaired) electrons. The predicted octanol–water partition coefficient (Wildman–Crippen LogP) is 3.32. The van der Waals surface area contributed by atoms with E-state index < -0.39 is 23.9 Å². The van der Waals surface area contributed by atoms with Gasteiger partial charge in [0, 0.05) is 43.4 Å². The molecule has 4 amide bonds. The lowest BCUT2D eigenvalue weighted by Crippen LogP contribution is -2.48. The Hall–Kier alpha value is -4.60. The molecule has 0 heterocycles. The highest BCUT2D eigenvalue weighted by Gasteiger charge is 2.23. The molecule has 0 spiro atoms. The maximum absolute atomic E-state index is 13.2. The van der Waals surface area contributed by atoms with Crippen molar-refractivity contribution >= 4 is 35.7 Å². The highest BCUT2D eigenvalue weighted by atomic mass is 16.2. The summed E-state index contributed by atoms with van der Waals surface area (Å²) in [6, 6.07) is 14.4. The van der Waals surface area contributed by atoms with Crippen LogP contribution in [0.1, 0.15) is 85.7 Å². The van der Waals surface area contributed by atoms with E-state index in [0.29, 0.717) is 55.6 Å². The minimum Gasteiger partial charge on any atom is -0.368 e. The molecule has 0 fully saturated rings. The molecule has 0 bridgehead atoms. The molecule has 5 N–H and O–H groups in total. The monoisotopic (exact) mass is 616 g/mol. The molecule has 3 atom stereocenters. The van der Waals surface area contributed by atoms with Crippen molar-refractivity contribution in [2.75, 3.05) is 6.54 Å². The van der Waals surface area contributed by atoms with Crippen molar-refractivity contribution in [3.63, 3.8) is 0 Å². The van der Waals surface area contributed by atoms with Crippen LogP contribution in [0.4, 0.5) is 0 Å². The second-order valence-corrected chi connectivity index (χ2v) is 11.4. The van der Waals surface area contributed by atoms with Gasteiger partial charge in [-0.15, -0.1) is 0 Å². The number of hydrogen-bond donors (Lipinski definition) is 4. The van der Waals surface area contributed by atoms with Gasteiger partial charge in [0.2, 0.25) is 23.6 Å². The Morgan fingerprint density at radius 2 is 1.56 bits per heavy atom. The number of aldehydes is 1. The van der Waals surface area contributed by atoms with Gasteiger partial charge in [0.25, 0.3) is 0 Å². The molecule has 2 aromatic rings. The SMILES string of the molecule is NC(=O)[C@H](CCCCNC(=O)[C@@H](Cc1ccc(C(=O)c2ccccc2)cc1)NC(=O)CC[C@H]1C=CCCC1)NC(=O)CCC=O. The fourth-order valence-electron chi connectivity index (χ4n) is 5.25. The average molecular weight is 617 g/mol. The van der Waals surface area contributed by atoms with Crippen LogP contribution in [-0.2, 0) is 30.4 Å². The van der Waals surface area contributed by atoms with E-state index in [1.165, 1.54) is 0 Å². The van der Waals surface area contributed by atoms with E-state index in [1.807, 2.05) is 18.2 Å². The lowest BCUT2D eigenvalue weighted by Gasteiger charge is -2.20. The van der Waals surface area contributed by atoms with Gasteiger partial charge >= 0.3 is 0 Å². The number of unbranched alkanes of at least 4 members (excludes halogenated alkanes) is 1. The molecule has 10 nitrogen and oxygen atoms in total. The number of rotatable bonds is 19. The zero-order valence-electron chi connectivity index (χ0n) is 25.7. The van der Waals surface area contributed by atoms with E-state index in [2.05, 4.69) is 28.1 Å². The zero-order valence-corrected chi connectivity index (χ0v) is 25.7. The molecule has 2 aromatic carbocycles. The summed E-state index contributed by atoms with van der Waals surface area (Å²) >= 11 is 0. The van der Waals surface area contributed by atoms with Crippen molar-refractivity contribution in [2.24, 2.45) is 11.7 Å². The highest BCUT2D eigenvalue weighted by Crippen LogP contribution is 2.21. The van der Waals surface area contributed by atoms with Gasteiger partial charge < -0.3 is 26.5 Å². The highest BCUT2D eigenvalue weighted by molar-refractivity contribution is 6.08. The number of nitrogens with two attached hydrogens (primary N) is 1. The summed E-state index contributed by atoms with van der Waals surface area (Å²) in [5.74, 6) is -1.35. The normalized spacial score (nSPS) is 15.3. The van der Waals surface area contributed by atoms with Crippen molar-refractivity contribution in [3.8, 4) is 0 Å². The van der Waals surface area contributed by atoms with E-state index >= 15 is 0 Å². The van der Waals surface area contributed by atoms with Gasteiger partial charge in [0.15, 0.2) is 5.78 Å². The van der Waals surface area contributed by atoms with E-state index in [4.69, 9.17) is 5.73 Å². The Labute approximate surface area is 264 Å². The molecule has 0 aliphatic heterocycles. The molecule has 0 saturated carbocycles.